The van der Waals surface area contributed by atoms with Crippen LogP contribution in [0.2, 0.25) is 5.02 Å². The van der Waals surface area contributed by atoms with Gasteiger partial charge in [-0.15, -0.1) is 11.3 Å². The van der Waals surface area contributed by atoms with E-state index in [1.165, 1.54) is 16.9 Å². The van der Waals surface area contributed by atoms with E-state index in [4.69, 9.17) is 11.6 Å². The quantitative estimate of drug-likeness (QED) is 0.659. The molecule has 3 aromatic rings. The number of thiazole rings is 1. The highest BCUT2D eigenvalue weighted by molar-refractivity contribution is 7.16. The molecule has 1 N–H and O–H groups in total. The van der Waals surface area contributed by atoms with Gasteiger partial charge in [0.05, 0.1) is 16.3 Å². The predicted octanol–water partition coefficient (Wildman–Crippen LogP) is 5.64. The molecule has 0 aliphatic rings. The molecule has 0 saturated carbocycles. The number of amides is 1. The first-order valence-corrected chi connectivity index (χ1v) is 8.76. The van der Waals surface area contributed by atoms with Gasteiger partial charge in [-0.2, -0.15) is 0 Å². The Morgan fingerprint density at radius 2 is 1.88 bits per heavy atom. The van der Waals surface area contributed by atoms with Crippen LogP contribution in [-0.2, 0) is 0 Å². The highest BCUT2D eigenvalue weighted by Gasteiger charge is 2.16. The summed E-state index contributed by atoms with van der Waals surface area (Å²) in [4.78, 5) is 18.1. The van der Waals surface area contributed by atoms with Crippen LogP contribution in [0, 0.1) is 20.8 Å². The summed E-state index contributed by atoms with van der Waals surface area (Å²) in [6.07, 6.45) is 0. The first kappa shape index (κ1) is 16.7. The summed E-state index contributed by atoms with van der Waals surface area (Å²) in [6, 6.07) is 13.3. The van der Waals surface area contributed by atoms with Crippen molar-refractivity contribution in [3.05, 3.63) is 69.1 Å². The maximum absolute atomic E-state index is 12.4. The molecule has 0 aliphatic carbocycles. The molecule has 2 aromatic carbocycles. The number of aryl methyl sites for hydroxylation is 3. The molecular formula is C19H17ClN2OS. The number of nitrogens with zero attached hydrogens (tertiary/aromatic N) is 1. The maximum atomic E-state index is 12.4. The maximum Gasteiger partial charge on any atom is 0.258 e. The first-order valence-electron chi connectivity index (χ1n) is 7.56. The van der Waals surface area contributed by atoms with E-state index < -0.39 is 0 Å². The Hall–Kier alpha value is -2.17. The van der Waals surface area contributed by atoms with E-state index >= 15 is 0 Å². The van der Waals surface area contributed by atoms with Gasteiger partial charge in [0.25, 0.3) is 5.91 Å². The largest absolute Gasteiger partial charge is 0.298 e. The zero-order chi connectivity index (χ0) is 17.3. The number of hydrogen-bond acceptors (Lipinski definition) is 3. The third-order valence-electron chi connectivity index (χ3n) is 3.78. The van der Waals surface area contributed by atoms with Crippen LogP contribution in [0.5, 0.6) is 0 Å². The van der Waals surface area contributed by atoms with Crippen molar-refractivity contribution in [2.24, 2.45) is 0 Å². The molecule has 0 aliphatic heterocycles. The molecule has 0 radical (unpaired) electrons. The number of hydrogen-bond donors (Lipinski definition) is 1. The van der Waals surface area contributed by atoms with Crippen molar-refractivity contribution in [1.82, 2.24) is 4.98 Å². The normalized spacial score (nSPS) is 10.7. The van der Waals surface area contributed by atoms with Gasteiger partial charge in [0.15, 0.2) is 5.13 Å². The Morgan fingerprint density at radius 3 is 2.62 bits per heavy atom. The van der Waals surface area contributed by atoms with E-state index in [-0.39, 0.29) is 5.91 Å². The number of benzene rings is 2. The molecule has 0 atom stereocenters. The second-order valence-electron chi connectivity index (χ2n) is 5.68. The van der Waals surface area contributed by atoms with Crippen LogP contribution in [0.15, 0.2) is 42.5 Å². The Morgan fingerprint density at radius 1 is 1.12 bits per heavy atom. The van der Waals surface area contributed by atoms with E-state index in [1.807, 2.05) is 6.92 Å². The van der Waals surface area contributed by atoms with Crippen molar-refractivity contribution in [2.75, 3.05) is 5.32 Å². The van der Waals surface area contributed by atoms with Crippen LogP contribution in [0.1, 0.15) is 26.4 Å². The molecule has 0 unspecified atom stereocenters. The van der Waals surface area contributed by atoms with Crippen molar-refractivity contribution in [3.63, 3.8) is 0 Å². The number of carbonyl (C=O) groups is 1. The molecule has 1 heterocycles. The standard InChI is InChI=1S/C19H17ClN2OS/c1-11-8-9-12(2)15(10-11)17-13(3)24-19(21-17)22-18(23)14-6-4-5-7-16(14)20/h4-10H,1-3H3,(H,21,22,23). The van der Waals surface area contributed by atoms with Gasteiger partial charge in [-0.25, -0.2) is 4.98 Å². The summed E-state index contributed by atoms with van der Waals surface area (Å²) < 4.78 is 0. The average molecular weight is 357 g/mol. The van der Waals surface area contributed by atoms with E-state index in [2.05, 4.69) is 42.3 Å². The van der Waals surface area contributed by atoms with Crippen LogP contribution in [0.25, 0.3) is 11.3 Å². The van der Waals surface area contributed by atoms with Gasteiger partial charge < -0.3 is 0 Å². The lowest BCUT2D eigenvalue weighted by Crippen LogP contribution is -2.12. The Labute approximate surface area is 150 Å². The number of rotatable bonds is 3. The topological polar surface area (TPSA) is 42.0 Å². The second-order valence-corrected chi connectivity index (χ2v) is 7.29. The smallest absolute Gasteiger partial charge is 0.258 e. The Kier molecular flexibility index (Phi) is 4.69. The van der Waals surface area contributed by atoms with Crippen LogP contribution in [0.4, 0.5) is 5.13 Å². The van der Waals surface area contributed by atoms with Crippen molar-refractivity contribution in [3.8, 4) is 11.3 Å². The lowest BCUT2D eigenvalue weighted by molar-refractivity contribution is 0.102. The van der Waals surface area contributed by atoms with E-state index in [9.17, 15) is 4.79 Å². The fourth-order valence-corrected chi connectivity index (χ4v) is 3.55. The summed E-state index contributed by atoms with van der Waals surface area (Å²) in [5, 5.41) is 3.85. The highest BCUT2D eigenvalue weighted by Crippen LogP contribution is 2.33. The average Bonchev–Trinajstić information content (AvgIpc) is 2.90. The van der Waals surface area contributed by atoms with Crippen LogP contribution < -0.4 is 5.32 Å². The summed E-state index contributed by atoms with van der Waals surface area (Å²) in [5.74, 6) is -0.248. The van der Waals surface area contributed by atoms with Gasteiger partial charge in [0, 0.05) is 10.4 Å². The zero-order valence-corrected chi connectivity index (χ0v) is 15.3. The third kappa shape index (κ3) is 3.35. The number of anilines is 1. The minimum absolute atomic E-state index is 0.248. The fraction of sp³-hybridized carbons (Fsp3) is 0.158. The first-order chi connectivity index (χ1) is 11.5. The SMILES string of the molecule is Cc1ccc(C)c(-c2nc(NC(=O)c3ccccc3Cl)sc2C)c1. The zero-order valence-electron chi connectivity index (χ0n) is 13.7. The molecule has 3 nitrogen and oxygen atoms in total. The van der Waals surface area contributed by atoms with E-state index in [0.29, 0.717) is 15.7 Å². The molecule has 5 heteroatoms. The second kappa shape index (κ2) is 6.75. The fourth-order valence-electron chi connectivity index (χ4n) is 2.50. The molecule has 122 valence electrons. The van der Waals surface area contributed by atoms with E-state index in [1.54, 1.807) is 24.3 Å². The lowest BCUT2D eigenvalue weighted by Gasteiger charge is -2.05. The minimum atomic E-state index is -0.248. The number of halogens is 1. The van der Waals surface area contributed by atoms with Gasteiger partial charge in [0.2, 0.25) is 0 Å². The Bertz CT molecular complexity index is 917. The van der Waals surface area contributed by atoms with Crippen molar-refractivity contribution in [2.45, 2.75) is 20.8 Å². The summed E-state index contributed by atoms with van der Waals surface area (Å²) >= 11 is 7.54. The molecule has 0 bridgehead atoms. The monoisotopic (exact) mass is 356 g/mol. The predicted molar refractivity (Wildman–Crippen MR) is 101 cm³/mol. The lowest BCUT2D eigenvalue weighted by atomic mass is 10.0. The van der Waals surface area contributed by atoms with Crippen molar-refractivity contribution >= 4 is 34.0 Å². The molecular weight excluding hydrogens is 340 g/mol. The van der Waals surface area contributed by atoms with Gasteiger partial charge in [0.1, 0.15) is 0 Å². The summed E-state index contributed by atoms with van der Waals surface area (Å²) in [5.41, 5.74) is 4.81. The number of aromatic nitrogens is 1. The highest BCUT2D eigenvalue weighted by atomic mass is 35.5. The molecule has 24 heavy (non-hydrogen) atoms. The van der Waals surface area contributed by atoms with E-state index in [0.717, 1.165) is 21.7 Å². The molecule has 1 aromatic heterocycles. The van der Waals surface area contributed by atoms with Gasteiger partial charge >= 0.3 is 0 Å². The van der Waals surface area contributed by atoms with Crippen LogP contribution >= 0.6 is 22.9 Å². The van der Waals surface area contributed by atoms with Gasteiger partial charge in [-0.05, 0) is 44.5 Å². The molecule has 0 spiro atoms. The van der Waals surface area contributed by atoms with Gasteiger partial charge in [-0.3, -0.25) is 10.1 Å². The van der Waals surface area contributed by atoms with Crippen molar-refractivity contribution in [1.29, 1.82) is 0 Å². The molecule has 3 rings (SSSR count). The third-order valence-corrected chi connectivity index (χ3v) is 5.00. The summed E-state index contributed by atoms with van der Waals surface area (Å²) in [7, 11) is 0. The molecule has 0 saturated heterocycles. The van der Waals surface area contributed by atoms with Crippen molar-refractivity contribution < 1.29 is 4.79 Å². The molecule has 1 amide bonds. The molecule has 0 fully saturated rings. The summed E-state index contributed by atoms with van der Waals surface area (Å²) in [6.45, 7) is 6.14. The Balaban J connectivity index is 1.91. The van der Waals surface area contributed by atoms with Crippen LogP contribution in [-0.4, -0.2) is 10.9 Å². The van der Waals surface area contributed by atoms with Crippen LogP contribution in [0.3, 0.4) is 0 Å². The minimum Gasteiger partial charge on any atom is -0.298 e. The number of nitrogens with one attached hydrogen (secondary N) is 1. The van der Waals surface area contributed by atoms with Gasteiger partial charge in [-0.1, -0.05) is 41.4 Å². The number of carbonyl (C=O) groups excluding carboxylic acids is 1.